The van der Waals surface area contributed by atoms with Crippen LogP contribution in [0.2, 0.25) is 0 Å². The molecule has 65 heavy (non-hydrogen) atoms. The van der Waals surface area contributed by atoms with Crippen LogP contribution in [0.15, 0.2) is 72.8 Å². The Morgan fingerprint density at radius 1 is 0.246 bits per heavy atom. The number of halogens is 24. The van der Waals surface area contributed by atoms with Crippen LogP contribution < -0.4 is 0 Å². The Bertz CT molecular complexity index is 2080. The maximum atomic E-state index is 15.0. The van der Waals surface area contributed by atoms with Gasteiger partial charge in [0.2, 0.25) is 0 Å². The number of hydrogen-bond acceptors (Lipinski definition) is 4. The van der Waals surface area contributed by atoms with Crippen LogP contribution in [0.1, 0.15) is 85.9 Å². The average Bonchev–Trinajstić information content (AvgIpc) is 3.13. The molecule has 0 radical (unpaired) electrons. The Balaban J connectivity index is 2.67. The summed E-state index contributed by atoms with van der Waals surface area (Å²) >= 11 is -11.0. The molecule has 0 heterocycles. The van der Waals surface area contributed by atoms with Crippen molar-refractivity contribution in [3.8, 4) is 0 Å². The number of alkyl halides is 24. The summed E-state index contributed by atoms with van der Waals surface area (Å²) in [6.45, 7) is 0. The van der Waals surface area contributed by atoms with Gasteiger partial charge >= 0.3 is 347 Å². The van der Waals surface area contributed by atoms with Gasteiger partial charge in [-0.1, -0.05) is 0 Å². The van der Waals surface area contributed by atoms with E-state index in [-0.39, 0.29) is 24.3 Å². The molecular weight excluding hydrogens is 1070 g/mol. The fourth-order valence-corrected chi connectivity index (χ4v) is 17.3. The zero-order valence-corrected chi connectivity index (χ0v) is 33.0. The number of rotatable bonds is 8. The van der Waals surface area contributed by atoms with Crippen molar-refractivity contribution in [2.75, 3.05) is 0 Å². The van der Waals surface area contributed by atoms with Crippen molar-refractivity contribution in [2.24, 2.45) is 0 Å². The Morgan fingerprint density at radius 3 is 0.446 bits per heavy atom. The molecule has 0 aromatic heterocycles. The second kappa shape index (κ2) is 16.5. The topological polar surface area (TPSA) is 68.3 Å². The quantitative estimate of drug-likeness (QED) is 0.130. The molecule has 0 saturated carbocycles. The summed E-state index contributed by atoms with van der Waals surface area (Å²) in [6, 6.07) is -7.31. The summed E-state index contributed by atoms with van der Waals surface area (Å²) in [5, 5.41) is 0. The summed E-state index contributed by atoms with van der Waals surface area (Å²) in [5.74, 6) is 0. The Hall–Kier alpha value is -5.32. The van der Waals surface area contributed by atoms with Crippen LogP contribution in [-0.4, -0.2) is 33.6 Å². The van der Waals surface area contributed by atoms with Crippen LogP contribution in [0.3, 0.4) is 0 Å². The van der Waals surface area contributed by atoms with Crippen molar-refractivity contribution >= 4 is 33.6 Å². The minimum absolute atomic E-state index is 0.354. The predicted molar refractivity (Wildman–Crippen MR) is 169 cm³/mol. The van der Waals surface area contributed by atoms with Crippen LogP contribution in [0.4, 0.5) is 105 Å². The van der Waals surface area contributed by atoms with Crippen LogP contribution in [-0.2, 0) is 49.4 Å². The van der Waals surface area contributed by atoms with E-state index in [0.717, 1.165) is 0 Å². The molecule has 0 aliphatic carbocycles. The summed E-state index contributed by atoms with van der Waals surface area (Å²) in [6.07, 6.45) is -53.4. The van der Waals surface area contributed by atoms with Gasteiger partial charge in [0.1, 0.15) is 0 Å². The van der Waals surface area contributed by atoms with E-state index in [1.807, 2.05) is 0 Å². The minimum atomic E-state index is -11.0. The third kappa shape index (κ3) is 9.80. The first-order valence-corrected chi connectivity index (χ1v) is 22.0. The summed E-state index contributed by atoms with van der Waals surface area (Å²) in [7, 11) is 0. The standard InChI is InChI=1S/4C9H3F6O.Sn/c4*10-8(11,12)6-2-1-3-7(5(6)4-16)9(13,14)15;/h4*1-3H;. The molecule has 4 aromatic carbocycles. The maximum absolute atomic E-state index is 15.0. The van der Waals surface area contributed by atoms with Gasteiger partial charge in [0, 0.05) is 0 Å². The van der Waals surface area contributed by atoms with Crippen molar-refractivity contribution < 1.29 is 125 Å². The average molecular weight is 1080 g/mol. The molecule has 0 aliphatic rings. The number of hydrogen-bond donors (Lipinski definition) is 0. The van der Waals surface area contributed by atoms with Gasteiger partial charge in [0.15, 0.2) is 0 Å². The molecule has 0 bridgehead atoms. The fraction of sp³-hybridized carbons (Fsp3) is 0.222. The van der Waals surface area contributed by atoms with E-state index < -0.39 is 198 Å². The first-order chi connectivity index (χ1) is 29.0. The van der Waals surface area contributed by atoms with Gasteiger partial charge < -0.3 is 0 Å². The molecule has 4 aromatic rings. The second-order valence-electron chi connectivity index (χ2n) is 13.0. The molecule has 4 nitrogen and oxygen atoms in total. The van der Waals surface area contributed by atoms with E-state index >= 15 is 0 Å². The molecule has 0 aliphatic heterocycles. The summed E-state index contributed by atoms with van der Waals surface area (Å²) in [4.78, 5) is 59.8. The van der Waals surface area contributed by atoms with Crippen molar-refractivity contribution in [3.63, 3.8) is 0 Å². The van der Waals surface area contributed by atoms with Gasteiger partial charge in [0.05, 0.1) is 0 Å². The number of carbonyl (C=O) groups excluding carboxylic acids is 4. The SMILES string of the molecule is O=[C](c1c(C(F)(F)F)cccc1C(F)(F)F)[Sn]([C](=O)c1c(C(F)(F)F)cccc1C(F)(F)F)([C](=O)c1c(C(F)(F)F)cccc1C(F)(F)F)[C](=O)c1c(C(F)(F)F)cccc1C(F)(F)F. The Labute approximate surface area is 346 Å². The molecule has 0 spiro atoms. The van der Waals surface area contributed by atoms with E-state index in [1.54, 1.807) is 0 Å². The van der Waals surface area contributed by atoms with Crippen LogP contribution in [0.5, 0.6) is 0 Å². The van der Waals surface area contributed by atoms with Crippen LogP contribution in [0.25, 0.3) is 0 Å². The van der Waals surface area contributed by atoms with Crippen molar-refractivity contribution in [1.82, 2.24) is 0 Å². The molecule has 0 amide bonds. The van der Waals surface area contributed by atoms with Gasteiger partial charge in [-0.2, -0.15) is 0 Å². The first-order valence-electron chi connectivity index (χ1n) is 16.3. The van der Waals surface area contributed by atoms with Crippen LogP contribution >= 0.6 is 0 Å². The van der Waals surface area contributed by atoms with Gasteiger partial charge in [-0.05, 0) is 0 Å². The molecule has 4 rings (SSSR count). The molecule has 0 fully saturated rings. The second-order valence-corrected chi connectivity index (χ2v) is 22.4. The molecule has 0 N–H and O–H groups in total. The predicted octanol–water partition coefficient (Wildman–Crippen LogP) is 13.3. The van der Waals surface area contributed by atoms with Crippen molar-refractivity contribution in [3.05, 3.63) is 140 Å². The van der Waals surface area contributed by atoms with Gasteiger partial charge in [0.25, 0.3) is 0 Å². The van der Waals surface area contributed by atoms with E-state index in [9.17, 15) is 125 Å². The summed E-state index contributed by atoms with van der Waals surface area (Å²) < 4.78 is 334. The summed E-state index contributed by atoms with van der Waals surface area (Å²) in [5.41, 5.74) is -41.0. The van der Waals surface area contributed by atoms with Gasteiger partial charge in [-0.15, -0.1) is 0 Å². The van der Waals surface area contributed by atoms with Gasteiger partial charge in [-0.3, -0.25) is 0 Å². The molecule has 0 unspecified atom stereocenters. The van der Waals surface area contributed by atoms with E-state index in [0.29, 0.717) is 0 Å². The zero-order chi connectivity index (χ0) is 50.2. The monoisotopic (exact) mass is 1080 g/mol. The molecular formula is C36H12F24O4Sn. The molecule has 0 atom stereocenters. The first kappa shape index (κ1) is 52.3. The Kier molecular flexibility index (Phi) is 13.3. The van der Waals surface area contributed by atoms with E-state index in [2.05, 4.69) is 0 Å². The molecule has 352 valence electrons. The fourth-order valence-electron chi connectivity index (χ4n) is 6.45. The normalized spacial score (nSPS) is 13.8. The third-order valence-corrected chi connectivity index (χ3v) is 19.6. The van der Waals surface area contributed by atoms with E-state index in [1.165, 1.54) is 0 Å². The number of carbonyl (C=O) groups is 4. The van der Waals surface area contributed by atoms with E-state index in [4.69, 9.17) is 0 Å². The zero-order valence-electron chi connectivity index (χ0n) is 30.1. The van der Waals surface area contributed by atoms with Gasteiger partial charge in [-0.25, -0.2) is 0 Å². The van der Waals surface area contributed by atoms with Crippen LogP contribution in [0, 0.1) is 0 Å². The molecule has 29 heteroatoms. The Morgan fingerprint density at radius 2 is 0.354 bits per heavy atom. The van der Waals surface area contributed by atoms with Crippen molar-refractivity contribution in [2.45, 2.75) is 49.4 Å². The molecule has 0 saturated heterocycles. The third-order valence-electron chi connectivity index (χ3n) is 8.97. The van der Waals surface area contributed by atoms with Crippen molar-refractivity contribution in [1.29, 1.82) is 0 Å². The number of benzene rings is 4.